The predicted octanol–water partition coefficient (Wildman–Crippen LogP) is 4.65. The summed E-state index contributed by atoms with van der Waals surface area (Å²) < 4.78 is 6.52. The third-order valence-corrected chi connectivity index (χ3v) is 6.31. The third kappa shape index (κ3) is 6.60. The van der Waals surface area contributed by atoms with Crippen LogP contribution in [0, 0.1) is 6.92 Å². The normalized spacial score (nSPS) is 10.9. The Morgan fingerprint density at radius 1 is 0.944 bits per heavy atom. The molecule has 4 rings (SSSR count). The number of hydrogen-bond donors (Lipinski definition) is 1. The van der Waals surface area contributed by atoms with E-state index < -0.39 is 5.76 Å². The molecule has 0 bridgehead atoms. The summed E-state index contributed by atoms with van der Waals surface area (Å²) >= 11 is 0. The van der Waals surface area contributed by atoms with Crippen LogP contribution < -0.4 is 11.3 Å². The van der Waals surface area contributed by atoms with Gasteiger partial charge in [0.15, 0.2) is 5.82 Å². The molecule has 0 aliphatic rings. The van der Waals surface area contributed by atoms with Crippen LogP contribution in [-0.4, -0.2) is 71.1 Å². The van der Waals surface area contributed by atoms with Crippen LogP contribution >= 0.6 is 0 Å². The van der Waals surface area contributed by atoms with E-state index >= 15 is 0 Å². The average Bonchev–Trinajstić information content (AvgIpc) is 3.31. The van der Waals surface area contributed by atoms with Gasteiger partial charge in [-0.25, -0.2) is 9.78 Å². The van der Waals surface area contributed by atoms with Gasteiger partial charge in [0.2, 0.25) is 0 Å². The average molecular weight is 513 g/mol. The van der Waals surface area contributed by atoms with E-state index in [0.717, 1.165) is 71.4 Å². The molecular formula is C28H33KN4O3. The van der Waals surface area contributed by atoms with E-state index in [1.54, 1.807) is 0 Å². The molecule has 0 saturated carbocycles. The summed E-state index contributed by atoms with van der Waals surface area (Å²) in [6.45, 7) is 6.92. The van der Waals surface area contributed by atoms with Crippen LogP contribution in [0.15, 0.2) is 62.6 Å². The molecular weight excluding hydrogens is 479 g/mol. The first-order valence-electron chi connectivity index (χ1n) is 12.4. The molecule has 184 valence electrons. The van der Waals surface area contributed by atoms with Gasteiger partial charge >= 0.3 is 57.1 Å². The number of hydrogen-bond acceptors (Lipinski definition) is 5. The van der Waals surface area contributed by atoms with Gasteiger partial charge in [-0.2, -0.15) is 0 Å². The Bertz CT molecular complexity index is 1400. The molecule has 0 aliphatic carbocycles. The Morgan fingerprint density at radius 2 is 1.64 bits per heavy atom. The molecule has 0 unspecified atom stereocenters. The molecule has 2 aromatic heterocycles. The quantitative estimate of drug-likeness (QED) is 0.312. The predicted molar refractivity (Wildman–Crippen MR) is 145 cm³/mol. The first kappa shape index (κ1) is 28.5. The number of aromatic amines is 1. The van der Waals surface area contributed by atoms with Crippen LogP contribution in [0.1, 0.15) is 62.2 Å². The van der Waals surface area contributed by atoms with Crippen molar-refractivity contribution in [3.63, 3.8) is 0 Å². The Morgan fingerprint density at radius 3 is 2.28 bits per heavy atom. The summed E-state index contributed by atoms with van der Waals surface area (Å²) in [7, 11) is 0. The Labute approximate surface area is 253 Å². The molecule has 0 atom stereocenters. The SMILES string of the molecule is CCCCc1nc(C)n(CCCC)c(=O)c1Cc1ccc(-c2ccccc2-c2noc(=O)[nH]2)cc1.[KH]. The molecule has 0 aliphatic heterocycles. The van der Waals surface area contributed by atoms with Gasteiger partial charge in [-0.3, -0.25) is 18.9 Å². The standard InChI is InChI=1S/C28H32N4O3.K.H/c1-4-6-12-25-24(27(33)32(17-7-5-2)19(3)29-25)18-20-13-15-21(16-14-20)22-10-8-9-11-23(22)26-30-28(34)35-31-26;;/h8-11,13-16H,4-7,12,17-18H2,1-3H3,(H,30,31,34);;. The molecule has 2 aromatic carbocycles. The van der Waals surface area contributed by atoms with Crippen LogP contribution in [-0.2, 0) is 19.4 Å². The van der Waals surface area contributed by atoms with Crippen molar-refractivity contribution in [2.45, 2.75) is 65.8 Å². The van der Waals surface area contributed by atoms with Gasteiger partial charge in [0, 0.05) is 24.1 Å². The molecule has 7 nitrogen and oxygen atoms in total. The van der Waals surface area contributed by atoms with E-state index in [-0.39, 0.29) is 56.9 Å². The minimum atomic E-state index is -0.583. The van der Waals surface area contributed by atoms with Crippen molar-refractivity contribution in [1.82, 2.24) is 19.7 Å². The summed E-state index contributed by atoms with van der Waals surface area (Å²) in [4.78, 5) is 32.4. The van der Waals surface area contributed by atoms with Crippen LogP contribution in [0.4, 0.5) is 0 Å². The van der Waals surface area contributed by atoms with Crippen molar-refractivity contribution in [3.8, 4) is 22.5 Å². The van der Waals surface area contributed by atoms with E-state index in [0.29, 0.717) is 18.8 Å². The minimum absolute atomic E-state index is 0. The summed E-state index contributed by atoms with van der Waals surface area (Å²) in [5, 5.41) is 3.84. The van der Waals surface area contributed by atoms with Crippen LogP contribution in [0.3, 0.4) is 0 Å². The maximum atomic E-state index is 13.5. The molecule has 1 N–H and O–H groups in total. The van der Waals surface area contributed by atoms with Crippen molar-refractivity contribution < 1.29 is 4.52 Å². The van der Waals surface area contributed by atoms with Gasteiger partial charge in [-0.05, 0) is 42.9 Å². The molecule has 0 radical (unpaired) electrons. The van der Waals surface area contributed by atoms with Gasteiger partial charge in [0.25, 0.3) is 5.56 Å². The van der Waals surface area contributed by atoms with Crippen molar-refractivity contribution in [2.24, 2.45) is 0 Å². The number of aryl methyl sites for hydroxylation is 2. The fourth-order valence-electron chi connectivity index (χ4n) is 4.36. The zero-order chi connectivity index (χ0) is 24.8. The number of unbranched alkanes of at least 4 members (excludes halogenated alkanes) is 2. The number of H-pyrrole nitrogens is 1. The van der Waals surface area contributed by atoms with Gasteiger partial charge in [0.05, 0.1) is 5.69 Å². The van der Waals surface area contributed by atoms with Gasteiger partial charge < -0.3 is 0 Å². The van der Waals surface area contributed by atoms with E-state index in [1.807, 2.05) is 47.9 Å². The van der Waals surface area contributed by atoms with Gasteiger partial charge in [0.1, 0.15) is 5.82 Å². The first-order valence-corrected chi connectivity index (χ1v) is 12.4. The third-order valence-electron chi connectivity index (χ3n) is 6.31. The molecule has 2 heterocycles. The number of nitrogens with zero attached hydrogens (tertiary/aromatic N) is 3. The Kier molecular flexibility index (Phi) is 10.6. The summed E-state index contributed by atoms with van der Waals surface area (Å²) in [6.07, 6.45) is 5.43. The van der Waals surface area contributed by atoms with E-state index in [9.17, 15) is 9.59 Å². The number of benzene rings is 2. The van der Waals surface area contributed by atoms with Crippen LogP contribution in [0.5, 0.6) is 0 Å². The van der Waals surface area contributed by atoms with Gasteiger partial charge in [-0.15, -0.1) is 0 Å². The zero-order valence-electron chi connectivity index (χ0n) is 20.6. The Hall–Kier alpha value is -2.10. The van der Waals surface area contributed by atoms with E-state index in [1.165, 1.54) is 0 Å². The van der Waals surface area contributed by atoms with Crippen molar-refractivity contribution in [3.05, 3.63) is 92.1 Å². The molecule has 0 saturated heterocycles. The zero-order valence-corrected chi connectivity index (χ0v) is 20.6. The first-order chi connectivity index (χ1) is 17.0. The molecule has 0 amide bonds. The second-order valence-electron chi connectivity index (χ2n) is 8.86. The van der Waals surface area contributed by atoms with Crippen molar-refractivity contribution in [2.75, 3.05) is 0 Å². The fraction of sp³-hybridized carbons (Fsp3) is 0.357. The van der Waals surface area contributed by atoms with E-state index in [4.69, 9.17) is 4.98 Å². The monoisotopic (exact) mass is 512 g/mol. The molecule has 8 heteroatoms. The number of aromatic nitrogens is 4. The van der Waals surface area contributed by atoms with Crippen LogP contribution in [0.25, 0.3) is 22.5 Å². The van der Waals surface area contributed by atoms with Crippen molar-refractivity contribution in [1.29, 1.82) is 0 Å². The Balaban J connectivity index is 0.00000361. The second kappa shape index (κ2) is 13.4. The summed E-state index contributed by atoms with van der Waals surface area (Å²) in [6, 6.07) is 15.9. The van der Waals surface area contributed by atoms with E-state index in [2.05, 4.69) is 40.6 Å². The van der Waals surface area contributed by atoms with Crippen molar-refractivity contribution >= 4 is 51.4 Å². The number of nitrogens with one attached hydrogen (secondary N) is 1. The molecule has 0 fully saturated rings. The second-order valence-corrected chi connectivity index (χ2v) is 8.86. The molecule has 4 aromatic rings. The molecule has 0 spiro atoms. The molecule has 36 heavy (non-hydrogen) atoms. The topological polar surface area (TPSA) is 93.8 Å². The fourth-order valence-corrected chi connectivity index (χ4v) is 4.36. The number of rotatable bonds is 10. The van der Waals surface area contributed by atoms with Crippen LogP contribution in [0.2, 0.25) is 0 Å². The maximum absolute atomic E-state index is 13.5. The summed E-state index contributed by atoms with van der Waals surface area (Å²) in [5.41, 5.74) is 5.58. The van der Waals surface area contributed by atoms with Gasteiger partial charge in [-0.1, -0.05) is 80.4 Å². The summed E-state index contributed by atoms with van der Waals surface area (Å²) in [5.74, 6) is 0.616.